The average Bonchev–Trinajstić information content (AvgIpc) is 2.51. The van der Waals surface area contributed by atoms with E-state index in [1.54, 1.807) is 6.92 Å². The molecule has 118 valence electrons. The number of rotatable bonds is 8. The van der Waals surface area contributed by atoms with Crippen LogP contribution in [0.2, 0.25) is 0 Å². The van der Waals surface area contributed by atoms with Crippen molar-refractivity contribution in [2.45, 2.75) is 58.3 Å². The van der Waals surface area contributed by atoms with Crippen LogP contribution in [0.5, 0.6) is 0 Å². The summed E-state index contributed by atoms with van der Waals surface area (Å²) < 4.78 is 1.01. The number of ketones is 1. The molecule has 0 aliphatic heterocycles. The lowest BCUT2D eigenvalue weighted by atomic mass is 9.89. The summed E-state index contributed by atoms with van der Waals surface area (Å²) in [4.78, 5) is 16.3. The fourth-order valence-corrected chi connectivity index (χ4v) is 3.45. The maximum atomic E-state index is 11.7. The number of fused-ring (bicyclic) bond motifs is 1. The Morgan fingerprint density at radius 1 is 1.18 bits per heavy atom. The second kappa shape index (κ2) is 8.42. The van der Waals surface area contributed by atoms with Crippen molar-refractivity contribution in [2.75, 3.05) is 0 Å². The van der Waals surface area contributed by atoms with Crippen LogP contribution in [0.25, 0.3) is 10.8 Å². The van der Waals surface area contributed by atoms with Crippen molar-refractivity contribution in [1.82, 2.24) is 4.98 Å². The van der Waals surface area contributed by atoms with Gasteiger partial charge < -0.3 is 4.79 Å². The second-order valence-electron chi connectivity index (χ2n) is 5.99. The summed E-state index contributed by atoms with van der Waals surface area (Å²) in [7, 11) is 0. The highest BCUT2D eigenvalue weighted by atomic mass is 79.9. The zero-order valence-corrected chi connectivity index (χ0v) is 15.0. The molecular weight excluding hydrogens is 338 g/mol. The Kier molecular flexibility index (Phi) is 6.56. The van der Waals surface area contributed by atoms with E-state index in [9.17, 15) is 4.79 Å². The normalized spacial score (nSPS) is 12.5. The number of carbonyl (C=O) groups is 1. The Bertz CT molecular complexity index is 638. The van der Waals surface area contributed by atoms with E-state index in [-0.39, 0.29) is 11.7 Å². The molecule has 1 aromatic carbocycles. The van der Waals surface area contributed by atoms with Gasteiger partial charge in [-0.2, -0.15) is 0 Å². The third kappa shape index (κ3) is 4.39. The summed E-state index contributed by atoms with van der Waals surface area (Å²) in [6.07, 6.45) is 8.40. The fourth-order valence-electron chi connectivity index (χ4n) is 3.01. The SMILES string of the molecule is CCCCCCC(CC(C)=O)c1ncc(Br)c2ccccc12. The molecule has 0 aliphatic rings. The van der Waals surface area contributed by atoms with Crippen LogP contribution in [0.3, 0.4) is 0 Å². The number of Topliss-reactive ketones (excluding diaryl/α,β-unsaturated/α-hetero) is 1. The van der Waals surface area contributed by atoms with Gasteiger partial charge in [-0.25, -0.2) is 0 Å². The zero-order chi connectivity index (χ0) is 15.9. The van der Waals surface area contributed by atoms with E-state index in [4.69, 9.17) is 0 Å². The predicted molar refractivity (Wildman–Crippen MR) is 96.2 cm³/mol. The van der Waals surface area contributed by atoms with E-state index in [0.717, 1.165) is 23.0 Å². The van der Waals surface area contributed by atoms with Crippen LogP contribution < -0.4 is 0 Å². The summed E-state index contributed by atoms with van der Waals surface area (Å²) in [5, 5.41) is 2.34. The highest BCUT2D eigenvalue weighted by Crippen LogP contribution is 2.33. The number of nitrogens with zero attached hydrogens (tertiary/aromatic N) is 1. The lowest BCUT2D eigenvalue weighted by molar-refractivity contribution is -0.117. The minimum Gasteiger partial charge on any atom is -0.300 e. The largest absolute Gasteiger partial charge is 0.300 e. The quantitative estimate of drug-likeness (QED) is 0.537. The average molecular weight is 362 g/mol. The summed E-state index contributed by atoms with van der Waals surface area (Å²) >= 11 is 3.57. The van der Waals surface area contributed by atoms with Crippen LogP contribution >= 0.6 is 15.9 Å². The summed E-state index contributed by atoms with van der Waals surface area (Å²) in [6, 6.07) is 8.30. The molecule has 2 aromatic rings. The zero-order valence-electron chi connectivity index (χ0n) is 13.4. The van der Waals surface area contributed by atoms with Gasteiger partial charge in [-0.1, -0.05) is 56.9 Å². The van der Waals surface area contributed by atoms with Crippen molar-refractivity contribution in [2.24, 2.45) is 0 Å². The van der Waals surface area contributed by atoms with Crippen LogP contribution in [0.15, 0.2) is 34.9 Å². The molecule has 1 atom stereocenters. The van der Waals surface area contributed by atoms with Crippen LogP contribution in [-0.2, 0) is 4.79 Å². The Morgan fingerprint density at radius 3 is 2.59 bits per heavy atom. The van der Waals surface area contributed by atoms with Gasteiger partial charge in [0.2, 0.25) is 0 Å². The smallest absolute Gasteiger partial charge is 0.130 e. The van der Waals surface area contributed by atoms with Gasteiger partial charge in [0.15, 0.2) is 0 Å². The first kappa shape index (κ1) is 17.1. The molecule has 3 heteroatoms. The van der Waals surface area contributed by atoms with Crippen molar-refractivity contribution >= 4 is 32.5 Å². The summed E-state index contributed by atoms with van der Waals surface area (Å²) in [6.45, 7) is 3.90. The maximum absolute atomic E-state index is 11.7. The molecule has 22 heavy (non-hydrogen) atoms. The number of benzene rings is 1. The second-order valence-corrected chi connectivity index (χ2v) is 6.84. The number of halogens is 1. The Labute approximate surface area is 141 Å². The molecule has 1 aromatic heterocycles. The minimum absolute atomic E-state index is 0.229. The molecule has 0 N–H and O–H groups in total. The van der Waals surface area contributed by atoms with Crippen molar-refractivity contribution in [3.8, 4) is 0 Å². The molecule has 0 aliphatic carbocycles. The number of carbonyl (C=O) groups excluding carboxylic acids is 1. The number of hydrogen-bond donors (Lipinski definition) is 0. The van der Waals surface area contributed by atoms with Gasteiger partial charge in [-0.3, -0.25) is 4.98 Å². The number of aromatic nitrogens is 1. The third-order valence-electron chi connectivity index (χ3n) is 4.10. The van der Waals surface area contributed by atoms with E-state index in [1.807, 2.05) is 18.3 Å². The van der Waals surface area contributed by atoms with Gasteiger partial charge in [0.05, 0.1) is 5.69 Å². The lowest BCUT2D eigenvalue weighted by Crippen LogP contribution is -2.07. The van der Waals surface area contributed by atoms with Crippen LogP contribution in [0.1, 0.15) is 64.0 Å². The standard InChI is InChI=1S/C19H24BrNO/c1-3-4-5-6-9-15(12-14(2)22)19-17-11-8-7-10-16(17)18(20)13-21-19/h7-8,10-11,13,15H,3-6,9,12H2,1-2H3. The third-order valence-corrected chi connectivity index (χ3v) is 4.74. The van der Waals surface area contributed by atoms with Crippen molar-refractivity contribution in [3.63, 3.8) is 0 Å². The van der Waals surface area contributed by atoms with E-state index in [1.165, 1.54) is 30.0 Å². The molecular formula is C19H24BrNO. The molecule has 2 rings (SSSR count). The van der Waals surface area contributed by atoms with Crippen LogP contribution in [0, 0.1) is 0 Å². The molecule has 0 radical (unpaired) electrons. The van der Waals surface area contributed by atoms with Gasteiger partial charge in [0.1, 0.15) is 5.78 Å². The first-order chi connectivity index (χ1) is 10.6. The molecule has 1 unspecified atom stereocenters. The van der Waals surface area contributed by atoms with Gasteiger partial charge in [-0.15, -0.1) is 0 Å². The fraction of sp³-hybridized carbons (Fsp3) is 0.474. The van der Waals surface area contributed by atoms with Gasteiger partial charge in [0.25, 0.3) is 0 Å². The van der Waals surface area contributed by atoms with Gasteiger partial charge >= 0.3 is 0 Å². The minimum atomic E-state index is 0.229. The van der Waals surface area contributed by atoms with E-state index < -0.39 is 0 Å². The molecule has 1 heterocycles. The maximum Gasteiger partial charge on any atom is 0.130 e. The Morgan fingerprint density at radius 2 is 1.91 bits per heavy atom. The van der Waals surface area contributed by atoms with E-state index in [0.29, 0.717) is 6.42 Å². The van der Waals surface area contributed by atoms with Crippen LogP contribution in [-0.4, -0.2) is 10.8 Å². The Balaban J connectivity index is 2.30. The monoisotopic (exact) mass is 361 g/mol. The van der Waals surface area contributed by atoms with E-state index in [2.05, 4.69) is 40.0 Å². The number of hydrogen-bond acceptors (Lipinski definition) is 2. The molecule has 0 saturated heterocycles. The molecule has 0 amide bonds. The topological polar surface area (TPSA) is 30.0 Å². The lowest BCUT2D eigenvalue weighted by Gasteiger charge is -2.17. The van der Waals surface area contributed by atoms with Crippen LogP contribution in [0.4, 0.5) is 0 Å². The van der Waals surface area contributed by atoms with E-state index >= 15 is 0 Å². The molecule has 0 fully saturated rings. The first-order valence-electron chi connectivity index (χ1n) is 8.16. The van der Waals surface area contributed by atoms with Crippen molar-refractivity contribution in [3.05, 3.63) is 40.6 Å². The van der Waals surface area contributed by atoms with Crippen molar-refractivity contribution < 1.29 is 4.79 Å². The predicted octanol–water partition coefficient (Wildman–Crippen LogP) is 6.03. The number of pyridine rings is 1. The highest BCUT2D eigenvalue weighted by molar-refractivity contribution is 9.10. The van der Waals surface area contributed by atoms with Gasteiger partial charge in [-0.05, 0) is 34.7 Å². The van der Waals surface area contributed by atoms with Crippen molar-refractivity contribution in [1.29, 1.82) is 0 Å². The molecule has 0 spiro atoms. The molecule has 2 nitrogen and oxygen atoms in total. The summed E-state index contributed by atoms with van der Waals surface area (Å²) in [5.74, 6) is 0.474. The van der Waals surface area contributed by atoms with Gasteiger partial charge in [0, 0.05) is 28.4 Å². The highest BCUT2D eigenvalue weighted by Gasteiger charge is 2.18. The molecule has 0 bridgehead atoms. The summed E-state index contributed by atoms with van der Waals surface area (Å²) in [5.41, 5.74) is 1.07. The first-order valence-corrected chi connectivity index (χ1v) is 8.95. The Hall–Kier alpha value is -1.22. The molecule has 0 saturated carbocycles. The number of unbranched alkanes of at least 4 members (excludes halogenated alkanes) is 3.